The van der Waals surface area contributed by atoms with Crippen LogP contribution in [0.3, 0.4) is 0 Å². The molecule has 0 bridgehead atoms. The Morgan fingerprint density at radius 1 is 0.909 bits per heavy atom. The number of carbonyl (C=O) groups excluding carboxylic acids is 2. The number of hydrogen-bond acceptors (Lipinski definition) is 10. The maximum atomic E-state index is 13.5. The largest absolute Gasteiger partial charge is 0.497 e. The molecule has 6 rings (SSSR count). The zero-order chi connectivity index (χ0) is 31.1. The lowest BCUT2D eigenvalue weighted by atomic mass is 9.63. The van der Waals surface area contributed by atoms with Gasteiger partial charge in [-0.15, -0.1) is 0 Å². The highest BCUT2D eigenvalue weighted by Gasteiger charge is 2.54. The molecule has 1 aromatic heterocycles. The summed E-state index contributed by atoms with van der Waals surface area (Å²) in [7, 11) is 9.10. The monoisotopic (exact) mass is 608 g/mol. The van der Waals surface area contributed by atoms with E-state index >= 15 is 0 Å². The van der Waals surface area contributed by atoms with Crippen molar-refractivity contribution in [1.82, 2.24) is 9.88 Å². The fraction of sp³-hybridized carbons (Fsp3) is 0.515. The average molecular weight is 609 g/mol. The van der Waals surface area contributed by atoms with Crippen LogP contribution < -0.4 is 18.9 Å². The summed E-state index contributed by atoms with van der Waals surface area (Å²) in [5.41, 5.74) is 3.83. The number of aromatic nitrogens is 1. The van der Waals surface area contributed by atoms with Crippen LogP contribution >= 0.6 is 0 Å². The molecule has 2 aromatic carbocycles. The number of H-pyrrole nitrogens is 1. The molecule has 2 fully saturated rings. The molecule has 6 atom stereocenters. The maximum absolute atomic E-state index is 13.5. The predicted octanol–water partition coefficient (Wildman–Crippen LogP) is 4.17. The topological polar surface area (TPSA) is 118 Å². The van der Waals surface area contributed by atoms with Gasteiger partial charge in [0.05, 0.1) is 53.1 Å². The third-order valence-corrected chi connectivity index (χ3v) is 9.76. The van der Waals surface area contributed by atoms with Gasteiger partial charge in [-0.05, 0) is 60.9 Å². The number of nitrogens with zero attached hydrogens (tertiary/aromatic N) is 1. The number of fused-ring (bicyclic) bond motifs is 6. The molecule has 3 aliphatic rings. The second-order valence-electron chi connectivity index (χ2n) is 11.7. The Labute approximate surface area is 256 Å². The number of aromatic amines is 1. The molecule has 1 aliphatic carbocycles. The molecule has 236 valence electrons. The number of carbonyl (C=O) groups is 2. The van der Waals surface area contributed by atoms with Crippen LogP contribution in [0.15, 0.2) is 30.3 Å². The highest BCUT2D eigenvalue weighted by molar-refractivity contribution is 5.91. The molecule has 3 aromatic rings. The Morgan fingerprint density at radius 2 is 1.66 bits per heavy atom. The fourth-order valence-electron chi connectivity index (χ4n) is 7.76. The van der Waals surface area contributed by atoms with Crippen molar-refractivity contribution in [1.29, 1.82) is 0 Å². The van der Waals surface area contributed by atoms with E-state index in [0.29, 0.717) is 23.7 Å². The quantitative estimate of drug-likeness (QED) is 0.374. The highest BCUT2D eigenvalue weighted by Crippen LogP contribution is 2.51. The summed E-state index contributed by atoms with van der Waals surface area (Å²) in [6, 6.07) is 9.40. The molecular formula is C33H40N2O9. The Morgan fingerprint density at radius 3 is 2.30 bits per heavy atom. The lowest BCUT2D eigenvalue weighted by Gasteiger charge is -2.52. The second-order valence-corrected chi connectivity index (χ2v) is 11.7. The minimum absolute atomic E-state index is 0.0170. The lowest BCUT2D eigenvalue weighted by molar-refractivity contribution is -0.176. The zero-order valence-corrected chi connectivity index (χ0v) is 26.0. The van der Waals surface area contributed by atoms with Gasteiger partial charge >= 0.3 is 11.9 Å². The summed E-state index contributed by atoms with van der Waals surface area (Å²) in [5, 5.41) is 1.21. The van der Waals surface area contributed by atoms with Crippen molar-refractivity contribution < 1.29 is 42.7 Å². The summed E-state index contributed by atoms with van der Waals surface area (Å²) in [4.78, 5) is 33.1. The van der Waals surface area contributed by atoms with Crippen molar-refractivity contribution in [2.24, 2.45) is 17.8 Å². The predicted molar refractivity (Wildman–Crippen MR) is 161 cm³/mol. The van der Waals surface area contributed by atoms with E-state index in [4.69, 9.17) is 33.2 Å². The first kappa shape index (κ1) is 30.1. The molecule has 2 aliphatic heterocycles. The van der Waals surface area contributed by atoms with Crippen LogP contribution in [0.25, 0.3) is 10.9 Å². The van der Waals surface area contributed by atoms with Crippen LogP contribution in [0.1, 0.15) is 40.5 Å². The van der Waals surface area contributed by atoms with Gasteiger partial charge in [0.1, 0.15) is 18.0 Å². The van der Waals surface area contributed by atoms with Gasteiger partial charge in [-0.2, -0.15) is 0 Å². The standard InChI is InChI=1S/C33H40N2O9/c1-38-19-7-8-20-21-9-10-35-16-18-13-27(44-32(36)17-11-25(39-2)30(41-4)26(12-17)40-3)31(42-5)28(33(37)43-6)22(18)15-24(35)29(21)34-23(20)14-19/h7-8,11-12,14,18,22,24,27-28,31,34H,9-10,13,15-16H2,1-6H3/t18-,22+,24-,27-,28-,31+/m0/s1. The minimum Gasteiger partial charge on any atom is -0.497 e. The summed E-state index contributed by atoms with van der Waals surface area (Å²) in [6.45, 7) is 1.68. The lowest BCUT2D eigenvalue weighted by Crippen LogP contribution is -2.58. The van der Waals surface area contributed by atoms with Crippen molar-refractivity contribution in [3.63, 3.8) is 0 Å². The van der Waals surface area contributed by atoms with Gasteiger partial charge in [-0.25, -0.2) is 4.79 Å². The van der Waals surface area contributed by atoms with Crippen LogP contribution in [0.4, 0.5) is 0 Å². The first-order chi connectivity index (χ1) is 21.3. The van der Waals surface area contributed by atoms with Crippen LogP contribution in [-0.2, 0) is 25.4 Å². The van der Waals surface area contributed by atoms with Crippen molar-refractivity contribution >= 4 is 22.8 Å². The molecule has 0 spiro atoms. The number of nitrogens with one attached hydrogen (secondary N) is 1. The maximum Gasteiger partial charge on any atom is 0.338 e. The summed E-state index contributed by atoms with van der Waals surface area (Å²) in [6.07, 6.45) is 0.920. The SMILES string of the molecule is COC(=O)[C@H]1[C@@H]2C[C@H]3c4[nH]c5cc(OC)ccc5c4CCN3C[C@@H]2C[C@H](OC(=O)c2cc(OC)c(OC)c(OC)c2)[C@H]1OC. The van der Waals surface area contributed by atoms with Gasteiger partial charge in [0.2, 0.25) is 5.75 Å². The molecule has 0 unspecified atom stereocenters. The van der Waals surface area contributed by atoms with E-state index in [1.165, 1.54) is 45.1 Å². The van der Waals surface area contributed by atoms with Crippen molar-refractivity contribution in [2.75, 3.05) is 55.7 Å². The second kappa shape index (κ2) is 12.2. The number of methoxy groups -OCH3 is 6. The van der Waals surface area contributed by atoms with Crippen LogP contribution in [0.5, 0.6) is 23.0 Å². The van der Waals surface area contributed by atoms with E-state index < -0.39 is 24.1 Å². The number of benzene rings is 2. The van der Waals surface area contributed by atoms with E-state index in [1.807, 2.05) is 12.1 Å². The van der Waals surface area contributed by atoms with Crippen molar-refractivity contribution in [2.45, 2.75) is 37.5 Å². The summed E-state index contributed by atoms with van der Waals surface area (Å²) >= 11 is 0. The molecule has 3 heterocycles. The fourth-order valence-corrected chi connectivity index (χ4v) is 7.76. The Hall–Kier alpha value is -3.96. The molecule has 44 heavy (non-hydrogen) atoms. The molecule has 1 N–H and O–H groups in total. The Bertz CT molecular complexity index is 1530. The normalized spacial score (nSPS) is 26.1. The molecule has 0 radical (unpaired) electrons. The van der Waals surface area contributed by atoms with Gasteiger partial charge in [0, 0.05) is 42.9 Å². The Kier molecular flexibility index (Phi) is 8.34. The summed E-state index contributed by atoms with van der Waals surface area (Å²) < 4.78 is 39.1. The van der Waals surface area contributed by atoms with Crippen LogP contribution in [0.2, 0.25) is 0 Å². The third-order valence-electron chi connectivity index (χ3n) is 9.76. The average Bonchev–Trinajstić information content (AvgIpc) is 3.43. The van der Waals surface area contributed by atoms with Crippen molar-refractivity contribution in [3.05, 3.63) is 47.2 Å². The number of ether oxygens (including phenoxy) is 7. The molecule has 1 saturated heterocycles. The number of piperidine rings is 1. The molecule has 0 amide bonds. The molecule has 11 heteroatoms. The Balaban J connectivity index is 1.29. The molecule has 1 saturated carbocycles. The minimum atomic E-state index is -0.670. The van der Waals surface area contributed by atoms with Crippen LogP contribution in [0, 0.1) is 17.8 Å². The number of hydrogen-bond donors (Lipinski definition) is 1. The van der Waals surface area contributed by atoms with E-state index in [-0.39, 0.29) is 29.4 Å². The van der Waals surface area contributed by atoms with E-state index in [1.54, 1.807) is 26.4 Å². The smallest absolute Gasteiger partial charge is 0.338 e. The van der Waals surface area contributed by atoms with E-state index in [9.17, 15) is 9.59 Å². The number of rotatable bonds is 8. The zero-order valence-electron chi connectivity index (χ0n) is 26.0. The highest BCUT2D eigenvalue weighted by atomic mass is 16.6. The molecular weight excluding hydrogens is 568 g/mol. The number of esters is 2. The van der Waals surface area contributed by atoms with Gasteiger partial charge in [0.25, 0.3) is 0 Å². The first-order valence-electron chi connectivity index (χ1n) is 14.9. The van der Waals surface area contributed by atoms with Gasteiger partial charge in [-0.3, -0.25) is 9.69 Å². The molecule has 11 nitrogen and oxygen atoms in total. The summed E-state index contributed by atoms with van der Waals surface area (Å²) in [5.74, 6) is 0.441. The van der Waals surface area contributed by atoms with E-state index in [0.717, 1.165) is 37.2 Å². The van der Waals surface area contributed by atoms with Crippen molar-refractivity contribution in [3.8, 4) is 23.0 Å². The third kappa shape index (κ3) is 5.01. The van der Waals surface area contributed by atoms with Gasteiger partial charge < -0.3 is 38.1 Å². The van der Waals surface area contributed by atoms with Gasteiger partial charge in [0.15, 0.2) is 11.5 Å². The first-order valence-corrected chi connectivity index (χ1v) is 14.9. The van der Waals surface area contributed by atoms with Gasteiger partial charge in [-0.1, -0.05) is 0 Å². The van der Waals surface area contributed by atoms with Crippen LogP contribution in [-0.4, -0.2) is 89.8 Å². The van der Waals surface area contributed by atoms with E-state index in [2.05, 4.69) is 16.0 Å².